The van der Waals surface area contributed by atoms with Gasteiger partial charge in [-0.05, 0) is 18.9 Å². The zero-order valence-corrected chi connectivity index (χ0v) is 11.9. The summed E-state index contributed by atoms with van der Waals surface area (Å²) < 4.78 is 26.6. The number of piperidine rings is 1. The number of nitrogens with zero attached hydrogens (tertiary/aromatic N) is 1. The number of hydrogen-bond acceptors (Lipinski definition) is 3. The summed E-state index contributed by atoms with van der Waals surface area (Å²) in [5.41, 5.74) is 5.60. The summed E-state index contributed by atoms with van der Waals surface area (Å²) in [7, 11) is 0. The number of rotatable bonds is 5. The Morgan fingerprint density at radius 2 is 2.05 bits per heavy atom. The van der Waals surface area contributed by atoms with Crippen molar-refractivity contribution < 1.29 is 13.6 Å². The Morgan fingerprint density at radius 1 is 1.33 bits per heavy atom. The second-order valence-electron chi connectivity index (χ2n) is 5.36. The highest BCUT2D eigenvalue weighted by atomic mass is 19.2. The molecule has 1 aliphatic heterocycles. The molecule has 0 bridgehead atoms. The van der Waals surface area contributed by atoms with E-state index in [1.54, 1.807) is 0 Å². The summed E-state index contributed by atoms with van der Waals surface area (Å²) in [5, 5.41) is 2.89. The number of benzene rings is 1. The van der Waals surface area contributed by atoms with Crippen molar-refractivity contribution in [2.24, 2.45) is 5.73 Å². The van der Waals surface area contributed by atoms with Crippen LogP contribution in [0.5, 0.6) is 0 Å². The maximum absolute atomic E-state index is 13.5. The van der Waals surface area contributed by atoms with Crippen molar-refractivity contribution in [2.45, 2.75) is 25.3 Å². The maximum Gasteiger partial charge on any atom is 0.224 e. The summed E-state index contributed by atoms with van der Waals surface area (Å²) in [6.07, 6.45) is 1.58. The van der Waals surface area contributed by atoms with Crippen LogP contribution in [-0.4, -0.2) is 43.0 Å². The van der Waals surface area contributed by atoms with Gasteiger partial charge in [-0.2, -0.15) is 0 Å². The van der Waals surface area contributed by atoms with Crippen molar-refractivity contribution >= 4 is 5.91 Å². The predicted molar refractivity (Wildman–Crippen MR) is 76.7 cm³/mol. The first-order chi connectivity index (χ1) is 10.1. The lowest BCUT2D eigenvalue weighted by Gasteiger charge is -2.32. The summed E-state index contributed by atoms with van der Waals surface area (Å²) in [6, 6.07) is 3.99. The van der Waals surface area contributed by atoms with E-state index in [1.807, 2.05) is 0 Å². The van der Waals surface area contributed by atoms with E-state index in [-0.39, 0.29) is 23.9 Å². The van der Waals surface area contributed by atoms with E-state index in [0.29, 0.717) is 6.54 Å². The summed E-state index contributed by atoms with van der Waals surface area (Å²) in [6.45, 7) is 3.30. The van der Waals surface area contributed by atoms with E-state index in [4.69, 9.17) is 5.73 Å². The van der Waals surface area contributed by atoms with Crippen molar-refractivity contribution in [3.63, 3.8) is 0 Å². The molecule has 1 aliphatic rings. The zero-order valence-electron chi connectivity index (χ0n) is 11.9. The third-order valence-electron chi connectivity index (χ3n) is 3.78. The second kappa shape index (κ2) is 7.47. The van der Waals surface area contributed by atoms with Crippen LogP contribution in [-0.2, 0) is 11.2 Å². The molecule has 0 saturated carbocycles. The van der Waals surface area contributed by atoms with Crippen molar-refractivity contribution in [3.8, 4) is 0 Å². The normalized spacial score (nSPS) is 16.9. The van der Waals surface area contributed by atoms with E-state index in [9.17, 15) is 13.6 Å². The molecule has 0 atom stereocenters. The lowest BCUT2D eigenvalue weighted by atomic mass is 10.0. The molecule has 0 unspecified atom stereocenters. The molecule has 6 heteroatoms. The molecule has 1 aromatic carbocycles. The Labute approximate surface area is 123 Å². The topological polar surface area (TPSA) is 58.4 Å². The van der Waals surface area contributed by atoms with E-state index < -0.39 is 11.6 Å². The Hall–Kier alpha value is -1.53. The Bertz CT molecular complexity index is 488. The maximum atomic E-state index is 13.5. The van der Waals surface area contributed by atoms with Crippen LogP contribution in [0.4, 0.5) is 8.78 Å². The smallest absolute Gasteiger partial charge is 0.224 e. The number of hydrogen-bond donors (Lipinski definition) is 2. The molecule has 1 fully saturated rings. The van der Waals surface area contributed by atoms with Gasteiger partial charge in [0.2, 0.25) is 5.91 Å². The Morgan fingerprint density at radius 3 is 2.71 bits per heavy atom. The van der Waals surface area contributed by atoms with E-state index >= 15 is 0 Å². The molecule has 2 rings (SSSR count). The molecule has 4 nitrogen and oxygen atoms in total. The van der Waals surface area contributed by atoms with Gasteiger partial charge in [-0.25, -0.2) is 8.78 Å². The van der Waals surface area contributed by atoms with Gasteiger partial charge in [0.15, 0.2) is 11.6 Å². The van der Waals surface area contributed by atoms with Gasteiger partial charge >= 0.3 is 0 Å². The molecule has 0 radical (unpaired) electrons. The molecule has 1 aromatic rings. The predicted octanol–water partition coefficient (Wildman–Crippen LogP) is 1.05. The Kier molecular flexibility index (Phi) is 5.64. The molecule has 3 N–H and O–H groups in total. The van der Waals surface area contributed by atoms with Crippen LogP contribution in [0.1, 0.15) is 18.4 Å². The van der Waals surface area contributed by atoms with Crippen LogP contribution < -0.4 is 11.1 Å². The molecule has 0 aliphatic carbocycles. The molecular formula is C15H21F2N3O. The zero-order chi connectivity index (χ0) is 15.2. The minimum Gasteiger partial charge on any atom is -0.353 e. The fourth-order valence-corrected chi connectivity index (χ4v) is 2.62. The van der Waals surface area contributed by atoms with Gasteiger partial charge in [0.25, 0.3) is 0 Å². The first-order valence-electron chi connectivity index (χ1n) is 7.25. The number of carbonyl (C=O) groups excluding carboxylic acids is 1. The summed E-state index contributed by atoms with van der Waals surface area (Å²) in [4.78, 5) is 14.2. The highest BCUT2D eigenvalue weighted by Crippen LogP contribution is 2.13. The number of nitrogens with two attached hydrogens (primary N) is 1. The minimum atomic E-state index is -0.939. The van der Waals surface area contributed by atoms with Crippen molar-refractivity contribution in [1.82, 2.24) is 10.2 Å². The lowest BCUT2D eigenvalue weighted by molar-refractivity contribution is -0.121. The van der Waals surface area contributed by atoms with Crippen LogP contribution in [0.3, 0.4) is 0 Å². The van der Waals surface area contributed by atoms with Gasteiger partial charge in [-0.3, -0.25) is 4.79 Å². The fourth-order valence-electron chi connectivity index (χ4n) is 2.62. The molecule has 1 heterocycles. The van der Waals surface area contributed by atoms with Gasteiger partial charge in [-0.15, -0.1) is 0 Å². The number of amides is 1. The second-order valence-corrected chi connectivity index (χ2v) is 5.36. The molecule has 116 valence electrons. The quantitative estimate of drug-likeness (QED) is 0.854. The van der Waals surface area contributed by atoms with Crippen molar-refractivity contribution in [3.05, 3.63) is 35.4 Å². The molecular weight excluding hydrogens is 276 g/mol. The number of carbonyl (C=O) groups is 1. The molecule has 0 aromatic heterocycles. The lowest BCUT2D eigenvalue weighted by Crippen LogP contribution is -2.46. The van der Waals surface area contributed by atoms with Gasteiger partial charge in [0.1, 0.15) is 0 Å². The van der Waals surface area contributed by atoms with E-state index in [0.717, 1.165) is 38.5 Å². The number of halogens is 2. The molecule has 0 spiro atoms. The highest BCUT2D eigenvalue weighted by molar-refractivity contribution is 5.78. The Balaban J connectivity index is 1.81. The van der Waals surface area contributed by atoms with Crippen molar-refractivity contribution in [1.29, 1.82) is 0 Å². The molecule has 1 amide bonds. The van der Waals surface area contributed by atoms with E-state index in [2.05, 4.69) is 10.2 Å². The fraction of sp³-hybridized carbons (Fsp3) is 0.533. The number of likely N-dealkylation sites (tertiary alicyclic amines) is 1. The monoisotopic (exact) mass is 297 g/mol. The highest BCUT2D eigenvalue weighted by Gasteiger charge is 2.20. The SMILES string of the molecule is NCCN1CCC(NC(=O)Cc2cccc(F)c2F)CC1. The average molecular weight is 297 g/mol. The van der Waals surface area contributed by atoms with Gasteiger partial charge in [-0.1, -0.05) is 12.1 Å². The third-order valence-corrected chi connectivity index (χ3v) is 3.78. The number of nitrogens with one attached hydrogen (secondary N) is 1. The standard InChI is InChI=1S/C15H21F2N3O/c16-13-3-1-2-11(15(13)17)10-14(21)19-12-4-7-20(8-5-12)9-6-18/h1-3,12H,4-10,18H2,(H,19,21). The van der Waals surface area contributed by atoms with Gasteiger partial charge in [0, 0.05) is 37.8 Å². The van der Waals surface area contributed by atoms with Crippen LogP contribution in [0.2, 0.25) is 0 Å². The first kappa shape index (κ1) is 15.9. The first-order valence-corrected chi connectivity index (χ1v) is 7.25. The molecule has 21 heavy (non-hydrogen) atoms. The van der Waals surface area contributed by atoms with Crippen molar-refractivity contribution in [2.75, 3.05) is 26.2 Å². The summed E-state index contributed by atoms with van der Waals surface area (Å²) >= 11 is 0. The summed E-state index contributed by atoms with van der Waals surface area (Å²) in [5.74, 6) is -2.13. The average Bonchev–Trinajstić information content (AvgIpc) is 2.46. The van der Waals surface area contributed by atoms with Crippen LogP contribution in [0, 0.1) is 11.6 Å². The van der Waals surface area contributed by atoms with Crippen LogP contribution >= 0.6 is 0 Å². The van der Waals surface area contributed by atoms with E-state index in [1.165, 1.54) is 12.1 Å². The van der Waals surface area contributed by atoms with Gasteiger partial charge in [0.05, 0.1) is 6.42 Å². The van der Waals surface area contributed by atoms with Crippen LogP contribution in [0.25, 0.3) is 0 Å². The largest absolute Gasteiger partial charge is 0.353 e. The minimum absolute atomic E-state index is 0.0908. The third kappa shape index (κ3) is 4.47. The molecule has 1 saturated heterocycles. The van der Waals surface area contributed by atoms with Gasteiger partial charge < -0.3 is 16.0 Å². The van der Waals surface area contributed by atoms with Crippen LogP contribution in [0.15, 0.2) is 18.2 Å².